The molecule has 0 aromatic heterocycles. The Bertz CT molecular complexity index is 170. The smallest absolute Gasteiger partial charge is 0.0359 e. The van der Waals surface area contributed by atoms with Crippen LogP contribution in [0.3, 0.4) is 0 Å². The molecule has 1 saturated heterocycles. The van der Waals surface area contributed by atoms with Gasteiger partial charge in [0.05, 0.1) is 0 Å². The van der Waals surface area contributed by atoms with Gasteiger partial charge < -0.3 is 10.2 Å². The second-order valence-corrected chi connectivity index (χ2v) is 5.60. The van der Waals surface area contributed by atoms with Gasteiger partial charge in [0, 0.05) is 41.9 Å². The van der Waals surface area contributed by atoms with Crippen molar-refractivity contribution in [2.24, 2.45) is 0 Å². The minimum atomic E-state index is -0.608. The lowest BCUT2D eigenvalue weighted by Gasteiger charge is -2.14. The van der Waals surface area contributed by atoms with Crippen LogP contribution >= 0.6 is 0 Å². The van der Waals surface area contributed by atoms with Gasteiger partial charge >= 0.3 is 0 Å². The molecule has 1 heterocycles. The Morgan fingerprint density at radius 2 is 2.00 bits per heavy atom. The molecule has 0 aromatic carbocycles. The molecule has 0 bridgehead atoms. The topological polar surface area (TPSA) is 32.3 Å². The third-order valence-electron chi connectivity index (χ3n) is 2.63. The Kier molecular flexibility index (Phi) is 6.39. The highest BCUT2D eigenvalue weighted by Gasteiger charge is 2.09. The monoisotopic (exact) mass is 218 g/mol. The molecule has 1 aliphatic rings. The first kappa shape index (κ1) is 12.1. The fourth-order valence-electron chi connectivity index (χ4n) is 1.70. The van der Waals surface area contributed by atoms with Gasteiger partial charge in [0.2, 0.25) is 0 Å². The van der Waals surface area contributed by atoms with E-state index in [-0.39, 0.29) is 0 Å². The second-order valence-electron chi connectivity index (χ2n) is 3.73. The van der Waals surface area contributed by atoms with E-state index < -0.39 is 10.8 Å². The average molecular weight is 218 g/mol. The number of hydrogen-bond donors (Lipinski definition) is 1. The van der Waals surface area contributed by atoms with Crippen LogP contribution < -0.4 is 5.32 Å². The van der Waals surface area contributed by atoms with Crippen molar-refractivity contribution < 1.29 is 4.21 Å². The zero-order valence-electron chi connectivity index (χ0n) is 9.13. The molecule has 4 heteroatoms. The summed E-state index contributed by atoms with van der Waals surface area (Å²) in [6, 6.07) is 0. The average Bonchev–Trinajstić information content (AvgIpc) is 2.69. The lowest BCUT2D eigenvalue weighted by atomic mass is 10.4. The van der Waals surface area contributed by atoms with Crippen molar-refractivity contribution in [3.05, 3.63) is 0 Å². The summed E-state index contributed by atoms with van der Waals surface area (Å²) in [6.45, 7) is 7.60. The predicted octanol–water partition coefficient (Wildman–Crippen LogP) is 0.440. The van der Waals surface area contributed by atoms with Gasteiger partial charge in [0.25, 0.3) is 0 Å². The molecule has 1 rings (SSSR count). The number of likely N-dealkylation sites (tertiary alicyclic amines) is 1. The van der Waals surface area contributed by atoms with E-state index in [1.54, 1.807) is 0 Å². The first-order valence-electron chi connectivity index (χ1n) is 5.61. The van der Waals surface area contributed by atoms with Crippen LogP contribution in [-0.2, 0) is 10.8 Å². The van der Waals surface area contributed by atoms with E-state index in [2.05, 4.69) is 10.2 Å². The number of hydrogen-bond acceptors (Lipinski definition) is 3. The van der Waals surface area contributed by atoms with E-state index in [4.69, 9.17) is 0 Å². The predicted molar refractivity (Wildman–Crippen MR) is 62.1 cm³/mol. The normalized spacial score (nSPS) is 20.1. The zero-order chi connectivity index (χ0) is 10.2. The lowest BCUT2D eigenvalue weighted by Crippen LogP contribution is -2.31. The minimum Gasteiger partial charge on any atom is -0.315 e. The van der Waals surface area contributed by atoms with E-state index in [0.717, 1.165) is 31.1 Å². The maximum Gasteiger partial charge on any atom is 0.0359 e. The molecule has 0 radical (unpaired) electrons. The van der Waals surface area contributed by atoms with Crippen molar-refractivity contribution in [3.63, 3.8) is 0 Å². The van der Waals surface area contributed by atoms with Gasteiger partial charge in [-0.1, -0.05) is 6.92 Å². The first-order valence-corrected chi connectivity index (χ1v) is 7.09. The highest BCUT2D eigenvalue weighted by atomic mass is 32.2. The molecule has 0 amide bonds. The highest BCUT2D eigenvalue weighted by molar-refractivity contribution is 7.84. The quantitative estimate of drug-likeness (QED) is 0.629. The van der Waals surface area contributed by atoms with Crippen LogP contribution in [-0.4, -0.2) is 53.3 Å². The van der Waals surface area contributed by atoms with Crippen molar-refractivity contribution in [3.8, 4) is 0 Å². The third kappa shape index (κ3) is 5.08. The SMILES string of the molecule is CCS(=O)CCNCCN1CCCC1. The van der Waals surface area contributed by atoms with Crippen molar-refractivity contribution in [1.82, 2.24) is 10.2 Å². The maximum atomic E-state index is 11.1. The molecule has 1 aliphatic heterocycles. The Morgan fingerprint density at radius 1 is 1.29 bits per heavy atom. The maximum absolute atomic E-state index is 11.1. The second kappa shape index (κ2) is 7.37. The van der Waals surface area contributed by atoms with Gasteiger partial charge in [-0.25, -0.2) is 0 Å². The van der Waals surface area contributed by atoms with E-state index in [9.17, 15) is 4.21 Å². The van der Waals surface area contributed by atoms with Crippen molar-refractivity contribution in [1.29, 1.82) is 0 Å². The summed E-state index contributed by atoms with van der Waals surface area (Å²) < 4.78 is 11.1. The molecule has 1 atom stereocenters. The van der Waals surface area contributed by atoms with Crippen molar-refractivity contribution in [2.75, 3.05) is 44.2 Å². The molecule has 0 saturated carbocycles. The van der Waals surface area contributed by atoms with Gasteiger partial charge in [0.15, 0.2) is 0 Å². The van der Waals surface area contributed by atoms with Crippen molar-refractivity contribution >= 4 is 10.8 Å². The van der Waals surface area contributed by atoms with Gasteiger partial charge in [-0.05, 0) is 25.9 Å². The molecule has 1 unspecified atom stereocenters. The molecule has 84 valence electrons. The number of nitrogens with zero attached hydrogens (tertiary/aromatic N) is 1. The van der Waals surface area contributed by atoms with Gasteiger partial charge in [-0.15, -0.1) is 0 Å². The molecule has 14 heavy (non-hydrogen) atoms. The Balaban J connectivity index is 1.86. The van der Waals surface area contributed by atoms with E-state index in [1.165, 1.54) is 25.9 Å². The summed E-state index contributed by atoms with van der Waals surface area (Å²) in [5.41, 5.74) is 0. The highest BCUT2D eigenvalue weighted by Crippen LogP contribution is 2.05. The molecule has 3 nitrogen and oxygen atoms in total. The molecule has 0 aromatic rings. The van der Waals surface area contributed by atoms with Crippen LogP contribution in [0.15, 0.2) is 0 Å². The van der Waals surface area contributed by atoms with E-state index in [1.807, 2.05) is 6.92 Å². The summed E-state index contributed by atoms with van der Waals surface area (Å²) in [4.78, 5) is 2.49. The third-order valence-corrected chi connectivity index (χ3v) is 3.94. The van der Waals surface area contributed by atoms with Crippen LogP contribution in [0.4, 0.5) is 0 Å². The van der Waals surface area contributed by atoms with Crippen LogP contribution in [0.1, 0.15) is 19.8 Å². The van der Waals surface area contributed by atoms with E-state index >= 15 is 0 Å². The summed E-state index contributed by atoms with van der Waals surface area (Å²) >= 11 is 0. The Labute approximate surface area is 89.7 Å². The Hall–Kier alpha value is 0.0700. The first-order chi connectivity index (χ1) is 6.83. The molecule has 0 spiro atoms. The molecular formula is C10H22N2OS. The summed E-state index contributed by atoms with van der Waals surface area (Å²) in [7, 11) is -0.608. The van der Waals surface area contributed by atoms with Gasteiger partial charge in [0.1, 0.15) is 0 Å². The molecule has 1 fully saturated rings. The molecule has 1 N–H and O–H groups in total. The minimum absolute atomic E-state index is 0.608. The Morgan fingerprint density at radius 3 is 2.64 bits per heavy atom. The zero-order valence-corrected chi connectivity index (χ0v) is 9.94. The van der Waals surface area contributed by atoms with Crippen LogP contribution in [0.5, 0.6) is 0 Å². The molecule has 0 aliphatic carbocycles. The summed E-state index contributed by atoms with van der Waals surface area (Å²) in [6.07, 6.45) is 2.72. The lowest BCUT2D eigenvalue weighted by molar-refractivity contribution is 0.337. The van der Waals surface area contributed by atoms with Gasteiger partial charge in [-0.3, -0.25) is 4.21 Å². The number of nitrogens with one attached hydrogen (secondary N) is 1. The standard InChI is InChI=1S/C10H22N2OS/c1-2-14(13)10-6-11-5-9-12-7-3-4-8-12/h11H,2-10H2,1H3. The van der Waals surface area contributed by atoms with Gasteiger partial charge in [-0.2, -0.15) is 0 Å². The number of rotatable bonds is 7. The fraction of sp³-hybridized carbons (Fsp3) is 1.00. The molecular weight excluding hydrogens is 196 g/mol. The van der Waals surface area contributed by atoms with Crippen LogP contribution in [0.2, 0.25) is 0 Å². The fourth-order valence-corrected chi connectivity index (χ4v) is 2.36. The van der Waals surface area contributed by atoms with Crippen molar-refractivity contribution in [2.45, 2.75) is 19.8 Å². The van der Waals surface area contributed by atoms with E-state index in [0.29, 0.717) is 0 Å². The largest absolute Gasteiger partial charge is 0.315 e. The summed E-state index contributed by atoms with van der Waals surface area (Å²) in [5.74, 6) is 1.59. The summed E-state index contributed by atoms with van der Waals surface area (Å²) in [5, 5.41) is 3.34. The van der Waals surface area contributed by atoms with Crippen LogP contribution in [0, 0.1) is 0 Å². The van der Waals surface area contributed by atoms with Crippen LogP contribution in [0.25, 0.3) is 0 Å².